The predicted molar refractivity (Wildman–Crippen MR) is 118 cm³/mol. The first kappa shape index (κ1) is 22.4. The van der Waals surface area contributed by atoms with E-state index < -0.39 is 12.1 Å². The van der Waals surface area contributed by atoms with Gasteiger partial charge in [0.15, 0.2) is 0 Å². The van der Waals surface area contributed by atoms with Crippen LogP contribution in [0.25, 0.3) is 0 Å². The van der Waals surface area contributed by atoms with Crippen molar-refractivity contribution < 1.29 is 19.7 Å². The second-order valence-corrected chi connectivity index (χ2v) is 9.66. The van der Waals surface area contributed by atoms with Crippen molar-refractivity contribution in [3.05, 3.63) is 50.7 Å². The fourth-order valence-electron chi connectivity index (χ4n) is 4.01. The summed E-state index contributed by atoms with van der Waals surface area (Å²) < 4.78 is 5.99. The molecule has 0 radical (unpaired) electrons. The van der Waals surface area contributed by atoms with Crippen LogP contribution in [0.5, 0.6) is 5.75 Å². The Balaban J connectivity index is 1.56. The molecule has 2 N–H and O–H groups in total. The van der Waals surface area contributed by atoms with E-state index in [-0.39, 0.29) is 17.2 Å². The number of hydrogen-bond donors (Lipinski definition) is 2. The van der Waals surface area contributed by atoms with Crippen molar-refractivity contribution in [3.63, 3.8) is 0 Å². The molecule has 1 aliphatic rings. The van der Waals surface area contributed by atoms with Crippen molar-refractivity contribution in [2.75, 3.05) is 6.61 Å². The topological polar surface area (TPSA) is 66.8 Å². The fraction of sp³-hybridized carbons (Fsp3) is 0.500. The van der Waals surface area contributed by atoms with Crippen LogP contribution in [0.2, 0.25) is 5.02 Å². The molecule has 4 nitrogen and oxygen atoms in total. The van der Waals surface area contributed by atoms with Gasteiger partial charge < -0.3 is 14.9 Å². The average Bonchev–Trinajstić information content (AvgIpc) is 3.26. The Bertz CT molecular complexity index is 838. The van der Waals surface area contributed by atoms with E-state index in [4.69, 9.17) is 33.0 Å². The Hall–Kier alpha value is -1.27. The van der Waals surface area contributed by atoms with Crippen LogP contribution >= 0.6 is 34.5 Å². The molecule has 1 fully saturated rings. The summed E-state index contributed by atoms with van der Waals surface area (Å²) in [6.45, 7) is 2.47. The number of carboxylic acids is 1. The maximum Gasteiger partial charge on any atom is 0.345 e. The highest BCUT2D eigenvalue weighted by Gasteiger charge is 2.41. The molecule has 0 amide bonds. The second kappa shape index (κ2) is 10.2. The maximum absolute atomic E-state index is 11.0. The van der Waals surface area contributed by atoms with E-state index in [9.17, 15) is 9.90 Å². The number of thiophene rings is 1. The van der Waals surface area contributed by atoms with E-state index in [0.29, 0.717) is 17.9 Å². The van der Waals surface area contributed by atoms with E-state index in [1.165, 1.54) is 11.3 Å². The molecule has 0 saturated heterocycles. The third-order valence-electron chi connectivity index (χ3n) is 5.65. The zero-order valence-corrected chi connectivity index (χ0v) is 18.6. The van der Waals surface area contributed by atoms with E-state index in [1.807, 2.05) is 31.2 Å². The third-order valence-corrected chi connectivity index (χ3v) is 7.65. The lowest BCUT2D eigenvalue weighted by molar-refractivity contribution is 0.0701. The van der Waals surface area contributed by atoms with Gasteiger partial charge in [0.25, 0.3) is 0 Å². The first-order valence-corrected chi connectivity index (χ1v) is 11.6. The molecule has 0 aliphatic heterocycles. The molecule has 7 heteroatoms. The fourth-order valence-corrected chi connectivity index (χ4v) is 5.64. The number of alkyl halides is 1. The normalized spacial score (nSPS) is 24.0. The Kier molecular flexibility index (Phi) is 7.85. The van der Waals surface area contributed by atoms with E-state index in [2.05, 4.69) is 0 Å². The van der Waals surface area contributed by atoms with Crippen molar-refractivity contribution in [1.29, 1.82) is 0 Å². The summed E-state index contributed by atoms with van der Waals surface area (Å²) in [6.07, 6.45) is 3.53. The largest absolute Gasteiger partial charge is 0.493 e. The number of ether oxygens (including phenoxy) is 1. The van der Waals surface area contributed by atoms with Crippen molar-refractivity contribution >= 4 is 40.5 Å². The molecule has 0 bridgehead atoms. The Morgan fingerprint density at radius 1 is 1.28 bits per heavy atom. The molecular formula is C22H26Cl2O4S. The molecule has 3 rings (SSSR count). The SMILES string of the molecule is CCc1cc(OC[C@@H]2[C@@H](CCCc3ccc(C(=O)O)s3)[C@H](Cl)C[C@H]2O)ccc1Cl. The summed E-state index contributed by atoms with van der Waals surface area (Å²) in [4.78, 5) is 12.4. The standard InChI is InChI=1S/C22H26Cl2O4S/c1-2-13-10-14(6-8-18(13)23)28-12-17-16(19(24)11-20(17)25)5-3-4-15-7-9-21(29-15)22(26)27/h6-10,16-17,19-20,25H,2-5,11-12H2,1H3,(H,26,27)/t16-,17-,19-,20-/m1/s1. The summed E-state index contributed by atoms with van der Waals surface area (Å²) in [5, 5.41) is 20.2. The number of benzene rings is 1. The van der Waals surface area contributed by atoms with Gasteiger partial charge in [0, 0.05) is 21.2 Å². The third kappa shape index (κ3) is 5.66. The highest BCUT2D eigenvalue weighted by Crippen LogP contribution is 2.40. The molecule has 0 unspecified atom stereocenters. The number of rotatable bonds is 9. The van der Waals surface area contributed by atoms with Gasteiger partial charge in [-0.05, 0) is 73.9 Å². The van der Waals surface area contributed by atoms with Crippen LogP contribution in [0.1, 0.15) is 46.3 Å². The van der Waals surface area contributed by atoms with Crippen LogP contribution in [0.15, 0.2) is 30.3 Å². The van der Waals surface area contributed by atoms with Gasteiger partial charge in [-0.15, -0.1) is 22.9 Å². The highest BCUT2D eigenvalue weighted by atomic mass is 35.5. The molecule has 2 aromatic rings. The minimum atomic E-state index is -0.883. The average molecular weight is 457 g/mol. The second-order valence-electron chi connectivity index (χ2n) is 7.53. The van der Waals surface area contributed by atoms with Gasteiger partial charge in [-0.25, -0.2) is 4.79 Å². The Labute approximate surface area is 185 Å². The van der Waals surface area contributed by atoms with E-state index in [0.717, 1.165) is 46.9 Å². The van der Waals surface area contributed by atoms with Gasteiger partial charge in [0.1, 0.15) is 10.6 Å². The van der Waals surface area contributed by atoms with Crippen LogP contribution in [0.4, 0.5) is 0 Å². The molecule has 29 heavy (non-hydrogen) atoms. The van der Waals surface area contributed by atoms with Gasteiger partial charge in [-0.2, -0.15) is 0 Å². The lowest BCUT2D eigenvalue weighted by Crippen LogP contribution is -2.27. The number of carboxylic acid groups (broad SMARTS) is 1. The minimum absolute atomic E-state index is 0.0174. The van der Waals surface area contributed by atoms with Gasteiger partial charge >= 0.3 is 5.97 Å². The zero-order chi connectivity index (χ0) is 21.0. The molecule has 1 aromatic carbocycles. The minimum Gasteiger partial charge on any atom is -0.493 e. The van der Waals surface area contributed by atoms with Crippen LogP contribution < -0.4 is 4.74 Å². The van der Waals surface area contributed by atoms with Gasteiger partial charge in [0.2, 0.25) is 0 Å². The van der Waals surface area contributed by atoms with Gasteiger partial charge in [-0.1, -0.05) is 18.5 Å². The van der Waals surface area contributed by atoms with Crippen LogP contribution in [0.3, 0.4) is 0 Å². The quantitative estimate of drug-likeness (QED) is 0.477. The van der Waals surface area contributed by atoms with Crippen molar-refractivity contribution in [3.8, 4) is 5.75 Å². The molecule has 1 aliphatic carbocycles. The van der Waals surface area contributed by atoms with E-state index in [1.54, 1.807) is 6.07 Å². The molecule has 158 valence electrons. The van der Waals surface area contributed by atoms with Crippen LogP contribution in [0, 0.1) is 11.8 Å². The summed E-state index contributed by atoms with van der Waals surface area (Å²) >= 11 is 14.0. The maximum atomic E-state index is 11.0. The molecule has 4 atom stereocenters. The number of halogens is 2. The van der Waals surface area contributed by atoms with Crippen molar-refractivity contribution in [1.82, 2.24) is 0 Å². The van der Waals surface area contributed by atoms with Crippen molar-refractivity contribution in [2.24, 2.45) is 11.8 Å². The Morgan fingerprint density at radius 2 is 2.07 bits per heavy atom. The molecular weight excluding hydrogens is 431 g/mol. The summed E-state index contributed by atoms with van der Waals surface area (Å²) in [5.41, 5.74) is 1.04. The Morgan fingerprint density at radius 3 is 2.76 bits per heavy atom. The number of aliphatic hydroxyl groups excluding tert-OH is 1. The number of hydrogen-bond acceptors (Lipinski definition) is 4. The first-order chi connectivity index (χ1) is 13.9. The van der Waals surface area contributed by atoms with Crippen LogP contribution in [-0.4, -0.2) is 34.3 Å². The van der Waals surface area contributed by atoms with E-state index >= 15 is 0 Å². The molecule has 1 aromatic heterocycles. The number of aliphatic hydroxyl groups is 1. The number of aromatic carboxylic acids is 1. The first-order valence-electron chi connectivity index (χ1n) is 9.94. The highest BCUT2D eigenvalue weighted by molar-refractivity contribution is 7.13. The van der Waals surface area contributed by atoms with Crippen molar-refractivity contribution in [2.45, 2.75) is 50.5 Å². The summed E-state index contributed by atoms with van der Waals surface area (Å²) in [6, 6.07) is 9.18. The number of carbonyl (C=O) groups is 1. The van der Waals surface area contributed by atoms with Crippen LogP contribution in [-0.2, 0) is 12.8 Å². The molecule has 1 saturated carbocycles. The lowest BCUT2D eigenvalue weighted by Gasteiger charge is -2.24. The molecule has 1 heterocycles. The summed E-state index contributed by atoms with van der Waals surface area (Å²) in [5.74, 6) is 0.0290. The summed E-state index contributed by atoms with van der Waals surface area (Å²) in [7, 11) is 0. The monoisotopic (exact) mass is 456 g/mol. The number of aryl methyl sites for hydroxylation is 2. The molecule has 0 spiro atoms. The van der Waals surface area contributed by atoms with Gasteiger partial charge in [-0.3, -0.25) is 0 Å². The zero-order valence-electron chi connectivity index (χ0n) is 16.3. The van der Waals surface area contributed by atoms with Gasteiger partial charge in [0.05, 0.1) is 12.7 Å². The lowest BCUT2D eigenvalue weighted by atomic mass is 9.90. The predicted octanol–water partition coefficient (Wildman–Crippen LogP) is 5.67. The smallest absolute Gasteiger partial charge is 0.345 e.